The smallest absolute Gasteiger partial charge is 0.411 e. The molecular formula is C10H13NO2S. The van der Waals surface area contributed by atoms with Crippen molar-refractivity contribution in [2.24, 2.45) is 0 Å². The summed E-state index contributed by atoms with van der Waals surface area (Å²) < 4.78 is 4.75. The van der Waals surface area contributed by atoms with E-state index < -0.39 is 6.09 Å². The number of carbonyl (C=O) groups is 1. The summed E-state index contributed by atoms with van der Waals surface area (Å²) in [6.45, 7) is 2.16. The molecule has 0 fully saturated rings. The molecule has 76 valence electrons. The van der Waals surface area contributed by atoms with Gasteiger partial charge in [0.1, 0.15) is 0 Å². The topological polar surface area (TPSA) is 38.3 Å². The van der Waals surface area contributed by atoms with E-state index >= 15 is 0 Å². The molecule has 0 bridgehead atoms. The van der Waals surface area contributed by atoms with Gasteiger partial charge in [0.05, 0.1) is 6.61 Å². The van der Waals surface area contributed by atoms with Crippen LogP contribution < -0.4 is 5.32 Å². The van der Waals surface area contributed by atoms with Gasteiger partial charge in [0, 0.05) is 10.6 Å². The Morgan fingerprint density at radius 1 is 1.43 bits per heavy atom. The number of thioether (sulfide) groups is 1. The lowest BCUT2D eigenvalue weighted by Crippen LogP contribution is -2.12. The predicted molar refractivity (Wildman–Crippen MR) is 58.9 cm³/mol. The molecule has 1 aromatic carbocycles. The second-order valence-corrected chi connectivity index (χ2v) is 3.45. The van der Waals surface area contributed by atoms with Crippen molar-refractivity contribution in [1.82, 2.24) is 0 Å². The van der Waals surface area contributed by atoms with Gasteiger partial charge >= 0.3 is 6.09 Å². The lowest BCUT2D eigenvalue weighted by atomic mass is 10.3. The Hall–Kier alpha value is -1.16. The molecule has 0 atom stereocenters. The van der Waals surface area contributed by atoms with Crippen LogP contribution in [0, 0.1) is 0 Å². The number of hydrogen-bond donors (Lipinski definition) is 1. The Balaban J connectivity index is 2.55. The fraction of sp³-hybridized carbons (Fsp3) is 0.300. The van der Waals surface area contributed by atoms with Gasteiger partial charge < -0.3 is 4.74 Å². The maximum absolute atomic E-state index is 11.0. The molecule has 3 nitrogen and oxygen atoms in total. The van der Waals surface area contributed by atoms with Crippen LogP contribution in [0.5, 0.6) is 0 Å². The van der Waals surface area contributed by atoms with Crippen LogP contribution >= 0.6 is 11.8 Å². The average Bonchev–Trinajstić information content (AvgIpc) is 2.19. The van der Waals surface area contributed by atoms with Crippen molar-refractivity contribution < 1.29 is 9.53 Å². The number of anilines is 1. The summed E-state index contributed by atoms with van der Waals surface area (Å²) in [6, 6.07) is 7.60. The van der Waals surface area contributed by atoms with E-state index in [1.165, 1.54) is 4.90 Å². The zero-order valence-corrected chi connectivity index (χ0v) is 9.06. The molecule has 1 amide bonds. The Bertz CT molecular complexity index is 297. The van der Waals surface area contributed by atoms with Crippen LogP contribution in [-0.2, 0) is 4.74 Å². The lowest BCUT2D eigenvalue weighted by Gasteiger charge is -2.05. The molecule has 0 aliphatic rings. The van der Waals surface area contributed by atoms with Crippen molar-refractivity contribution >= 4 is 23.5 Å². The number of ether oxygens (including phenoxy) is 1. The Labute approximate surface area is 87.8 Å². The van der Waals surface area contributed by atoms with Crippen LogP contribution in [0.4, 0.5) is 10.5 Å². The zero-order valence-electron chi connectivity index (χ0n) is 8.24. The first-order chi connectivity index (χ1) is 6.76. The van der Waals surface area contributed by atoms with E-state index in [2.05, 4.69) is 5.32 Å². The molecule has 0 aromatic heterocycles. The van der Waals surface area contributed by atoms with E-state index in [4.69, 9.17) is 4.74 Å². The van der Waals surface area contributed by atoms with Crippen LogP contribution in [0.1, 0.15) is 6.92 Å². The third-order valence-electron chi connectivity index (χ3n) is 1.61. The fourth-order valence-electron chi connectivity index (χ4n) is 0.959. The van der Waals surface area contributed by atoms with Crippen LogP contribution in [0.3, 0.4) is 0 Å². The normalized spacial score (nSPS) is 9.57. The SMILES string of the molecule is CCOC(=O)Nc1ccc(SC)cc1. The molecule has 0 saturated carbocycles. The van der Waals surface area contributed by atoms with Gasteiger partial charge in [-0.2, -0.15) is 0 Å². The van der Waals surface area contributed by atoms with E-state index in [9.17, 15) is 4.79 Å². The molecule has 0 saturated heterocycles. The molecule has 4 heteroatoms. The number of carbonyl (C=O) groups excluding carboxylic acids is 1. The third-order valence-corrected chi connectivity index (χ3v) is 2.36. The molecule has 0 spiro atoms. The molecule has 0 aliphatic carbocycles. The second kappa shape index (κ2) is 5.54. The zero-order chi connectivity index (χ0) is 10.4. The summed E-state index contributed by atoms with van der Waals surface area (Å²) in [4.78, 5) is 12.2. The highest BCUT2D eigenvalue weighted by Crippen LogP contribution is 2.17. The fourth-order valence-corrected chi connectivity index (χ4v) is 1.37. The molecule has 1 N–H and O–H groups in total. The third kappa shape index (κ3) is 3.30. The van der Waals surface area contributed by atoms with Gasteiger partial charge in [-0.15, -0.1) is 11.8 Å². The molecule has 0 aliphatic heterocycles. The molecule has 14 heavy (non-hydrogen) atoms. The molecule has 1 rings (SSSR count). The second-order valence-electron chi connectivity index (χ2n) is 2.57. The van der Waals surface area contributed by atoms with E-state index in [-0.39, 0.29) is 0 Å². The van der Waals surface area contributed by atoms with E-state index in [1.54, 1.807) is 18.7 Å². The van der Waals surface area contributed by atoms with Gasteiger partial charge in [-0.05, 0) is 37.4 Å². The summed E-state index contributed by atoms with van der Waals surface area (Å²) in [5, 5.41) is 2.62. The van der Waals surface area contributed by atoms with Gasteiger partial charge in [0.2, 0.25) is 0 Å². The minimum atomic E-state index is -0.413. The van der Waals surface area contributed by atoms with Crippen LogP contribution in [0.15, 0.2) is 29.2 Å². The van der Waals surface area contributed by atoms with Crippen molar-refractivity contribution in [3.8, 4) is 0 Å². The Morgan fingerprint density at radius 2 is 2.07 bits per heavy atom. The van der Waals surface area contributed by atoms with Gasteiger partial charge in [-0.25, -0.2) is 4.79 Å². The van der Waals surface area contributed by atoms with Crippen molar-refractivity contribution in [2.75, 3.05) is 18.2 Å². The minimum absolute atomic E-state index is 0.384. The van der Waals surface area contributed by atoms with E-state index in [1.807, 2.05) is 30.5 Å². The maximum Gasteiger partial charge on any atom is 0.411 e. The number of nitrogens with one attached hydrogen (secondary N) is 1. The summed E-state index contributed by atoms with van der Waals surface area (Å²) in [7, 11) is 0. The van der Waals surface area contributed by atoms with Crippen molar-refractivity contribution in [2.45, 2.75) is 11.8 Å². The highest BCUT2D eigenvalue weighted by Gasteiger charge is 2.00. The highest BCUT2D eigenvalue weighted by atomic mass is 32.2. The van der Waals surface area contributed by atoms with Crippen molar-refractivity contribution in [3.63, 3.8) is 0 Å². The summed E-state index contributed by atoms with van der Waals surface area (Å²) >= 11 is 1.66. The number of benzene rings is 1. The molecule has 0 unspecified atom stereocenters. The largest absolute Gasteiger partial charge is 0.450 e. The summed E-state index contributed by atoms with van der Waals surface area (Å²) in [5.41, 5.74) is 0.751. The van der Waals surface area contributed by atoms with Crippen LogP contribution in [0.2, 0.25) is 0 Å². The standard InChI is InChI=1S/C10H13NO2S/c1-3-13-10(12)11-8-4-6-9(14-2)7-5-8/h4-7H,3H2,1-2H3,(H,11,12). The lowest BCUT2D eigenvalue weighted by molar-refractivity contribution is 0.168. The quantitative estimate of drug-likeness (QED) is 0.781. The first kappa shape index (κ1) is 10.9. The van der Waals surface area contributed by atoms with Crippen molar-refractivity contribution in [1.29, 1.82) is 0 Å². The van der Waals surface area contributed by atoms with Crippen LogP contribution in [-0.4, -0.2) is 19.0 Å². The first-order valence-corrected chi connectivity index (χ1v) is 5.56. The minimum Gasteiger partial charge on any atom is -0.450 e. The maximum atomic E-state index is 11.0. The van der Waals surface area contributed by atoms with Crippen molar-refractivity contribution in [3.05, 3.63) is 24.3 Å². The number of hydrogen-bond acceptors (Lipinski definition) is 3. The molecule has 1 aromatic rings. The monoisotopic (exact) mass is 211 g/mol. The highest BCUT2D eigenvalue weighted by molar-refractivity contribution is 7.98. The predicted octanol–water partition coefficient (Wildman–Crippen LogP) is 2.98. The number of rotatable bonds is 3. The van der Waals surface area contributed by atoms with Gasteiger partial charge in [0.25, 0.3) is 0 Å². The first-order valence-electron chi connectivity index (χ1n) is 4.34. The van der Waals surface area contributed by atoms with Gasteiger partial charge in [-0.3, -0.25) is 5.32 Å². The van der Waals surface area contributed by atoms with E-state index in [0.717, 1.165) is 5.69 Å². The Kier molecular flexibility index (Phi) is 4.32. The molecular weight excluding hydrogens is 198 g/mol. The summed E-state index contributed by atoms with van der Waals surface area (Å²) in [5.74, 6) is 0. The summed E-state index contributed by atoms with van der Waals surface area (Å²) in [6.07, 6.45) is 1.60. The Morgan fingerprint density at radius 3 is 2.57 bits per heavy atom. The average molecular weight is 211 g/mol. The number of amides is 1. The van der Waals surface area contributed by atoms with E-state index in [0.29, 0.717) is 6.61 Å². The van der Waals surface area contributed by atoms with Gasteiger partial charge in [-0.1, -0.05) is 0 Å². The molecule has 0 heterocycles. The molecule has 0 radical (unpaired) electrons. The van der Waals surface area contributed by atoms with Gasteiger partial charge in [0.15, 0.2) is 0 Å². The van der Waals surface area contributed by atoms with Crippen LogP contribution in [0.25, 0.3) is 0 Å².